The van der Waals surface area contributed by atoms with Gasteiger partial charge < -0.3 is 14.3 Å². The number of nitrogens with one attached hydrogen (secondary N) is 1. The van der Waals surface area contributed by atoms with Crippen molar-refractivity contribution in [3.05, 3.63) is 83.9 Å². The molecule has 1 amide bonds. The van der Waals surface area contributed by atoms with Gasteiger partial charge in [0.1, 0.15) is 0 Å². The Morgan fingerprint density at radius 2 is 1.58 bits per heavy atom. The van der Waals surface area contributed by atoms with E-state index in [-0.39, 0.29) is 6.42 Å². The topological polar surface area (TPSA) is 98.6 Å². The number of hydrogen-bond acceptors (Lipinski definition) is 7. The normalized spacial score (nSPS) is 10.5. The number of methoxy groups -OCH3 is 2. The fourth-order valence-electron chi connectivity index (χ4n) is 2.64. The first kappa shape index (κ1) is 21.5. The highest BCUT2D eigenvalue weighted by Gasteiger charge is 2.10. The Bertz CT molecular complexity index is 1070. The summed E-state index contributed by atoms with van der Waals surface area (Å²) in [4.78, 5) is 29.2. The van der Waals surface area contributed by atoms with Crippen LogP contribution < -0.4 is 15.0 Å². The van der Waals surface area contributed by atoms with Crippen LogP contribution in [0.2, 0.25) is 0 Å². The maximum absolute atomic E-state index is 12.3. The number of carbonyl (C=O) groups excluding carboxylic acids is 2. The van der Waals surface area contributed by atoms with Crippen LogP contribution in [-0.4, -0.2) is 26.1 Å². The second-order valence-electron chi connectivity index (χ2n) is 6.36. The molecule has 0 heterocycles. The van der Waals surface area contributed by atoms with Crippen LogP contribution in [0.15, 0.2) is 83.0 Å². The van der Waals surface area contributed by atoms with Crippen molar-refractivity contribution in [1.29, 1.82) is 0 Å². The molecule has 0 unspecified atom stereocenters. The summed E-state index contributed by atoms with van der Waals surface area (Å²) in [5, 5.41) is 7.67. The van der Waals surface area contributed by atoms with E-state index in [4.69, 9.17) is 14.3 Å². The molecule has 31 heavy (non-hydrogen) atoms. The van der Waals surface area contributed by atoms with Crippen molar-refractivity contribution >= 4 is 23.3 Å². The molecule has 158 valence electrons. The third-order valence-corrected chi connectivity index (χ3v) is 4.23. The van der Waals surface area contributed by atoms with E-state index in [1.54, 1.807) is 36.4 Å². The zero-order valence-corrected chi connectivity index (χ0v) is 17.1. The molecule has 0 bridgehead atoms. The molecule has 0 aliphatic heterocycles. The molecule has 8 nitrogen and oxygen atoms in total. The number of hydrogen-bond donors (Lipinski definition) is 1. The fourth-order valence-corrected chi connectivity index (χ4v) is 2.64. The second-order valence-corrected chi connectivity index (χ2v) is 6.36. The lowest BCUT2D eigenvalue weighted by atomic mass is 10.2. The quantitative estimate of drug-likeness (QED) is 0.418. The summed E-state index contributed by atoms with van der Waals surface area (Å²) in [5.74, 6) is 0.0258. The van der Waals surface area contributed by atoms with Crippen LogP contribution >= 0.6 is 0 Å². The van der Waals surface area contributed by atoms with Crippen molar-refractivity contribution in [3.63, 3.8) is 0 Å². The first-order valence-electron chi connectivity index (χ1n) is 9.37. The lowest BCUT2D eigenvalue weighted by Gasteiger charge is -2.07. The minimum atomic E-state index is -0.516. The molecule has 0 aliphatic rings. The Kier molecular flexibility index (Phi) is 7.31. The maximum atomic E-state index is 12.3. The predicted octanol–water partition coefficient (Wildman–Crippen LogP) is 4.74. The highest BCUT2D eigenvalue weighted by Crippen LogP contribution is 2.28. The van der Waals surface area contributed by atoms with Crippen LogP contribution in [0.1, 0.15) is 15.9 Å². The third-order valence-electron chi connectivity index (χ3n) is 4.23. The van der Waals surface area contributed by atoms with E-state index in [1.807, 2.05) is 30.3 Å². The monoisotopic (exact) mass is 419 g/mol. The van der Waals surface area contributed by atoms with Crippen molar-refractivity contribution in [2.24, 2.45) is 10.2 Å². The van der Waals surface area contributed by atoms with Crippen molar-refractivity contribution < 1.29 is 23.9 Å². The molecule has 0 atom stereocenters. The Hall–Kier alpha value is -4.20. The summed E-state index contributed by atoms with van der Waals surface area (Å²) in [7, 11) is 3.00. The summed E-state index contributed by atoms with van der Waals surface area (Å²) in [6.07, 6.45) is 0.165. The van der Waals surface area contributed by atoms with Gasteiger partial charge in [-0.25, -0.2) is 10.3 Å². The van der Waals surface area contributed by atoms with E-state index in [1.165, 1.54) is 20.3 Å². The fraction of sp³-hybridized carbons (Fsp3) is 0.130. The average molecular weight is 419 g/mol. The molecule has 0 spiro atoms. The smallest absolute Gasteiger partial charge is 0.336 e. The summed E-state index contributed by atoms with van der Waals surface area (Å²) in [6, 6.07) is 20.6. The van der Waals surface area contributed by atoms with E-state index in [2.05, 4.69) is 15.7 Å². The van der Waals surface area contributed by atoms with Gasteiger partial charge in [-0.15, -0.1) is 10.2 Å². The van der Waals surface area contributed by atoms with Gasteiger partial charge in [-0.05, 0) is 48.0 Å². The van der Waals surface area contributed by atoms with Crippen LogP contribution in [0.5, 0.6) is 11.5 Å². The van der Waals surface area contributed by atoms with Gasteiger partial charge in [-0.2, -0.15) is 0 Å². The standard InChI is InChI=1S/C23H21N3O5/c1-29-20-13-8-17(15-21(20)30-2)23(28)25-24-18-9-11-19(12-10-18)26-31-22(27)14-16-6-4-3-5-7-16/h3-13,15,26H,14H2,1-2H3. The molecule has 0 aromatic heterocycles. The Morgan fingerprint density at radius 3 is 2.26 bits per heavy atom. The van der Waals surface area contributed by atoms with E-state index < -0.39 is 11.9 Å². The van der Waals surface area contributed by atoms with Crippen molar-refractivity contribution in [1.82, 2.24) is 0 Å². The molecule has 3 rings (SSSR count). The highest BCUT2D eigenvalue weighted by atomic mass is 16.7. The Labute approximate surface area is 179 Å². The van der Waals surface area contributed by atoms with E-state index in [9.17, 15) is 9.59 Å². The molecule has 8 heteroatoms. The summed E-state index contributed by atoms with van der Waals surface area (Å²) in [5.41, 5.74) is 4.81. The van der Waals surface area contributed by atoms with Crippen molar-refractivity contribution in [2.45, 2.75) is 6.42 Å². The van der Waals surface area contributed by atoms with E-state index in [0.717, 1.165) is 5.56 Å². The molecule has 1 N–H and O–H groups in total. The minimum absolute atomic E-state index is 0.165. The number of amides is 1. The molecule has 0 radical (unpaired) electrons. The van der Waals surface area contributed by atoms with Crippen molar-refractivity contribution in [3.8, 4) is 11.5 Å². The molecule has 0 fully saturated rings. The van der Waals surface area contributed by atoms with Crippen molar-refractivity contribution in [2.75, 3.05) is 19.7 Å². The number of benzene rings is 3. The zero-order valence-electron chi connectivity index (χ0n) is 17.1. The van der Waals surface area contributed by atoms with Crippen LogP contribution in [0.25, 0.3) is 0 Å². The SMILES string of the molecule is COc1ccc(C(=O)N=Nc2ccc(NOC(=O)Cc3ccccc3)cc2)cc1OC. The summed E-state index contributed by atoms with van der Waals surface area (Å²) < 4.78 is 10.3. The molecule has 0 aliphatic carbocycles. The Morgan fingerprint density at radius 1 is 0.871 bits per heavy atom. The minimum Gasteiger partial charge on any atom is -0.493 e. The number of ether oxygens (including phenoxy) is 2. The molecule has 3 aromatic carbocycles. The number of anilines is 1. The van der Waals surface area contributed by atoms with Gasteiger partial charge in [0.15, 0.2) is 11.5 Å². The summed E-state index contributed by atoms with van der Waals surface area (Å²) in [6.45, 7) is 0. The van der Waals surface area contributed by atoms with Gasteiger partial charge in [0.25, 0.3) is 5.91 Å². The first-order valence-corrected chi connectivity index (χ1v) is 9.37. The predicted molar refractivity (Wildman–Crippen MR) is 115 cm³/mol. The Balaban J connectivity index is 1.54. The number of carbonyl (C=O) groups is 2. The van der Waals surface area contributed by atoms with Crippen LogP contribution in [0.3, 0.4) is 0 Å². The molecular formula is C23H21N3O5. The van der Waals surface area contributed by atoms with E-state index in [0.29, 0.717) is 28.4 Å². The van der Waals surface area contributed by atoms with Gasteiger partial charge in [-0.1, -0.05) is 30.3 Å². The largest absolute Gasteiger partial charge is 0.493 e. The number of azo groups is 1. The average Bonchev–Trinajstić information content (AvgIpc) is 2.82. The van der Waals surface area contributed by atoms with Crippen LogP contribution in [0, 0.1) is 0 Å². The van der Waals surface area contributed by atoms with Crippen LogP contribution in [0.4, 0.5) is 11.4 Å². The lowest BCUT2D eigenvalue weighted by Crippen LogP contribution is -2.12. The molecule has 0 saturated carbocycles. The highest BCUT2D eigenvalue weighted by molar-refractivity contribution is 5.95. The van der Waals surface area contributed by atoms with E-state index >= 15 is 0 Å². The lowest BCUT2D eigenvalue weighted by molar-refractivity contribution is -0.139. The van der Waals surface area contributed by atoms with Gasteiger partial charge in [-0.3, -0.25) is 4.79 Å². The van der Waals surface area contributed by atoms with Gasteiger partial charge in [0, 0.05) is 5.56 Å². The van der Waals surface area contributed by atoms with Crippen LogP contribution in [-0.2, 0) is 16.1 Å². The van der Waals surface area contributed by atoms with Gasteiger partial charge >= 0.3 is 5.97 Å². The third kappa shape index (κ3) is 6.14. The second kappa shape index (κ2) is 10.5. The summed E-state index contributed by atoms with van der Waals surface area (Å²) >= 11 is 0. The zero-order chi connectivity index (χ0) is 22.1. The number of nitrogens with zero attached hydrogens (tertiary/aromatic N) is 2. The molecule has 0 saturated heterocycles. The van der Waals surface area contributed by atoms with Gasteiger partial charge in [0.05, 0.1) is 32.0 Å². The van der Waals surface area contributed by atoms with Gasteiger partial charge in [0.2, 0.25) is 0 Å². The maximum Gasteiger partial charge on any atom is 0.336 e. The molecule has 3 aromatic rings. The number of rotatable bonds is 8. The molecular weight excluding hydrogens is 398 g/mol. The first-order chi connectivity index (χ1) is 15.1.